The highest BCUT2D eigenvalue weighted by atomic mass is 16.3. The molecule has 5 heteroatoms. The number of nitrogens with zero attached hydrogens (tertiary/aromatic N) is 1. The van der Waals surface area contributed by atoms with Crippen molar-refractivity contribution >= 4 is 5.91 Å². The molecule has 0 radical (unpaired) electrons. The van der Waals surface area contributed by atoms with E-state index in [4.69, 9.17) is 10.2 Å². The van der Waals surface area contributed by atoms with Gasteiger partial charge in [0.15, 0.2) is 12.2 Å². The maximum Gasteiger partial charge on any atom is 0.224 e. The number of hydrogen-bond donors (Lipinski definition) is 2. The third-order valence-corrected chi connectivity index (χ3v) is 4.27. The van der Waals surface area contributed by atoms with Crippen molar-refractivity contribution in [3.05, 3.63) is 42.4 Å². The van der Waals surface area contributed by atoms with Crippen LogP contribution >= 0.6 is 0 Å². The Kier molecular flexibility index (Phi) is 3.75. The maximum atomic E-state index is 12.0. The van der Waals surface area contributed by atoms with Gasteiger partial charge in [-0.15, -0.1) is 0 Å². The van der Waals surface area contributed by atoms with Crippen LogP contribution in [-0.2, 0) is 11.2 Å². The molecule has 1 amide bonds. The van der Waals surface area contributed by atoms with Gasteiger partial charge in [0.25, 0.3) is 0 Å². The summed E-state index contributed by atoms with van der Waals surface area (Å²) in [7, 11) is 0. The second-order valence-corrected chi connectivity index (χ2v) is 5.64. The van der Waals surface area contributed by atoms with E-state index in [9.17, 15) is 4.79 Å². The number of nitrogens with two attached hydrogens (primary N) is 1. The average Bonchev–Trinajstić information content (AvgIpc) is 3.02. The summed E-state index contributed by atoms with van der Waals surface area (Å²) in [5.41, 5.74) is 7.32. The van der Waals surface area contributed by atoms with Gasteiger partial charge in [0.2, 0.25) is 5.91 Å². The molecular formula is C16H19N3O2. The van der Waals surface area contributed by atoms with Crippen LogP contribution in [0.3, 0.4) is 0 Å². The molecule has 1 fully saturated rings. The average molecular weight is 285 g/mol. The third-order valence-electron chi connectivity index (χ3n) is 4.27. The lowest BCUT2D eigenvalue weighted by atomic mass is 9.73. The van der Waals surface area contributed by atoms with Crippen LogP contribution in [0.5, 0.6) is 0 Å². The monoisotopic (exact) mass is 285 g/mol. The molecule has 0 aliphatic carbocycles. The molecule has 5 nitrogen and oxygen atoms in total. The van der Waals surface area contributed by atoms with E-state index in [1.807, 2.05) is 24.3 Å². The molecule has 0 unspecified atom stereocenters. The van der Waals surface area contributed by atoms with Crippen LogP contribution in [0.25, 0.3) is 11.3 Å². The van der Waals surface area contributed by atoms with E-state index in [1.54, 1.807) is 6.20 Å². The van der Waals surface area contributed by atoms with Gasteiger partial charge in [-0.2, -0.15) is 0 Å². The predicted octanol–water partition coefficient (Wildman–Crippen LogP) is 1.74. The number of piperidine rings is 1. The molecule has 0 atom stereocenters. The highest BCUT2D eigenvalue weighted by molar-refractivity contribution is 5.81. The van der Waals surface area contributed by atoms with E-state index in [2.05, 4.69) is 10.3 Å². The Morgan fingerprint density at radius 2 is 2.19 bits per heavy atom. The van der Waals surface area contributed by atoms with Crippen molar-refractivity contribution in [2.45, 2.75) is 19.3 Å². The fraction of sp³-hybridized carbons (Fsp3) is 0.375. The van der Waals surface area contributed by atoms with Gasteiger partial charge in [0.1, 0.15) is 0 Å². The van der Waals surface area contributed by atoms with Gasteiger partial charge in [-0.1, -0.05) is 18.2 Å². The highest BCUT2D eigenvalue weighted by Gasteiger charge is 2.37. The van der Waals surface area contributed by atoms with Crippen molar-refractivity contribution in [1.82, 2.24) is 10.3 Å². The SMILES string of the molecule is NC(=O)C1(Cc2cccc(-c3cnco3)c2)CCNCC1. The lowest BCUT2D eigenvalue weighted by Crippen LogP contribution is -2.46. The van der Waals surface area contributed by atoms with E-state index in [1.165, 1.54) is 6.39 Å². The van der Waals surface area contributed by atoms with E-state index >= 15 is 0 Å². The lowest BCUT2D eigenvalue weighted by molar-refractivity contribution is -0.129. The largest absolute Gasteiger partial charge is 0.444 e. The summed E-state index contributed by atoms with van der Waals surface area (Å²) in [6.45, 7) is 1.68. The van der Waals surface area contributed by atoms with Crippen LogP contribution in [0.1, 0.15) is 18.4 Å². The molecule has 2 heterocycles. The van der Waals surface area contributed by atoms with Crippen LogP contribution in [0.4, 0.5) is 0 Å². The van der Waals surface area contributed by atoms with Crippen molar-refractivity contribution in [2.24, 2.45) is 11.1 Å². The molecule has 1 aromatic carbocycles. The first kappa shape index (κ1) is 13.8. The minimum Gasteiger partial charge on any atom is -0.444 e. The number of benzene rings is 1. The second-order valence-electron chi connectivity index (χ2n) is 5.64. The quantitative estimate of drug-likeness (QED) is 0.896. The summed E-state index contributed by atoms with van der Waals surface area (Å²) in [6, 6.07) is 8.03. The molecule has 3 rings (SSSR count). The molecule has 3 N–H and O–H groups in total. The molecule has 21 heavy (non-hydrogen) atoms. The Morgan fingerprint density at radius 1 is 1.38 bits per heavy atom. The number of aromatic nitrogens is 1. The van der Waals surface area contributed by atoms with Crippen molar-refractivity contribution in [1.29, 1.82) is 0 Å². The molecule has 1 saturated heterocycles. The van der Waals surface area contributed by atoms with Crippen LogP contribution in [0.2, 0.25) is 0 Å². The lowest BCUT2D eigenvalue weighted by Gasteiger charge is -2.34. The van der Waals surface area contributed by atoms with Crippen LogP contribution in [0, 0.1) is 5.41 Å². The molecule has 0 bridgehead atoms. The summed E-state index contributed by atoms with van der Waals surface area (Å²) in [6.07, 6.45) is 5.35. The minimum absolute atomic E-state index is 0.200. The fourth-order valence-corrected chi connectivity index (χ4v) is 3.00. The highest BCUT2D eigenvalue weighted by Crippen LogP contribution is 2.33. The van der Waals surface area contributed by atoms with Crippen molar-refractivity contribution in [3.8, 4) is 11.3 Å². The molecule has 110 valence electrons. The zero-order valence-corrected chi connectivity index (χ0v) is 11.8. The number of oxazole rings is 1. The van der Waals surface area contributed by atoms with Gasteiger partial charge < -0.3 is 15.5 Å². The number of hydrogen-bond acceptors (Lipinski definition) is 4. The fourth-order valence-electron chi connectivity index (χ4n) is 3.00. The zero-order valence-electron chi connectivity index (χ0n) is 11.8. The number of carbonyl (C=O) groups excluding carboxylic acids is 1. The summed E-state index contributed by atoms with van der Waals surface area (Å²) in [4.78, 5) is 15.9. The Morgan fingerprint density at radius 3 is 2.86 bits per heavy atom. The Hall–Kier alpha value is -2.14. The first-order valence-electron chi connectivity index (χ1n) is 7.18. The van der Waals surface area contributed by atoms with E-state index < -0.39 is 5.41 Å². The van der Waals surface area contributed by atoms with Crippen molar-refractivity contribution in [2.75, 3.05) is 13.1 Å². The number of nitrogens with one attached hydrogen (secondary N) is 1. The molecule has 0 spiro atoms. The summed E-state index contributed by atoms with van der Waals surface area (Å²) < 4.78 is 5.32. The van der Waals surface area contributed by atoms with Gasteiger partial charge in [-0.3, -0.25) is 4.79 Å². The topological polar surface area (TPSA) is 81.2 Å². The van der Waals surface area contributed by atoms with Crippen LogP contribution in [-0.4, -0.2) is 24.0 Å². The Bertz CT molecular complexity index is 616. The third kappa shape index (κ3) is 2.83. The predicted molar refractivity (Wildman–Crippen MR) is 79.4 cm³/mol. The maximum absolute atomic E-state index is 12.0. The van der Waals surface area contributed by atoms with Gasteiger partial charge in [-0.05, 0) is 44.0 Å². The minimum atomic E-state index is -0.439. The molecule has 1 aromatic heterocycles. The van der Waals surface area contributed by atoms with Gasteiger partial charge in [-0.25, -0.2) is 4.98 Å². The standard InChI is InChI=1S/C16H19N3O2/c17-15(20)16(4-6-18-7-5-16)9-12-2-1-3-13(8-12)14-10-19-11-21-14/h1-3,8,10-11,18H,4-7,9H2,(H2,17,20). The van der Waals surface area contributed by atoms with Gasteiger partial charge in [0, 0.05) is 5.56 Å². The van der Waals surface area contributed by atoms with Gasteiger partial charge >= 0.3 is 0 Å². The van der Waals surface area contributed by atoms with E-state index in [0.717, 1.165) is 42.8 Å². The number of rotatable bonds is 4. The Labute approximate surface area is 123 Å². The normalized spacial score (nSPS) is 17.5. The van der Waals surface area contributed by atoms with Crippen LogP contribution < -0.4 is 11.1 Å². The number of primary amides is 1. The first-order valence-corrected chi connectivity index (χ1v) is 7.18. The molecule has 1 aliphatic heterocycles. The zero-order chi connectivity index (χ0) is 14.7. The Balaban J connectivity index is 1.86. The smallest absolute Gasteiger partial charge is 0.224 e. The van der Waals surface area contributed by atoms with Crippen molar-refractivity contribution < 1.29 is 9.21 Å². The summed E-state index contributed by atoms with van der Waals surface area (Å²) in [5.74, 6) is 0.532. The number of amides is 1. The number of carbonyl (C=O) groups is 1. The van der Waals surface area contributed by atoms with E-state index in [-0.39, 0.29) is 5.91 Å². The van der Waals surface area contributed by atoms with E-state index in [0.29, 0.717) is 6.42 Å². The summed E-state index contributed by atoms with van der Waals surface area (Å²) >= 11 is 0. The van der Waals surface area contributed by atoms with Crippen molar-refractivity contribution in [3.63, 3.8) is 0 Å². The molecule has 2 aromatic rings. The molecule has 1 aliphatic rings. The molecule has 0 saturated carbocycles. The van der Waals surface area contributed by atoms with Gasteiger partial charge in [0.05, 0.1) is 11.6 Å². The second kappa shape index (κ2) is 5.69. The van der Waals surface area contributed by atoms with Crippen LogP contribution in [0.15, 0.2) is 41.3 Å². The summed E-state index contributed by atoms with van der Waals surface area (Å²) in [5, 5.41) is 3.28. The first-order chi connectivity index (χ1) is 10.2. The molecular weight excluding hydrogens is 266 g/mol.